The van der Waals surface area contributed by atoms with Crippen molar-refractivity contribution in [3.8, 4) is 0 Å². The molecule has 1 atom stereocenters. The molecule has 0 aromatic heterocycles. The van der Waals surface area contributed by atoms with Gasteiger partial charge in [0.05, 0.1) is 0 Å². The van der Waals surface area contributed by atoms with E-state index in [2.05, 4.69) is 0 Å². The van der Waals surface area contributed by atoms with E-state index >= 15 is 0 Å². The summed E-state index contributed by atoms with van der Waals surface area (Å²) in [5.41, 5.74) is 0.0910. The van der Waals surface area contributed by atoms with E-state index in [4.69, 9.17) is 5.73 Å². The van der Waals surface area contributed by atoms with E-state index in [0.29, 0.717) is 0 Å². The molecule has 0 spiro atoms. The number of hydrogen-bond donors (Lipinski definition) is 2. The normalized spacial score (nSPS) is 21.4. The Hall–Kier alpha value is -0.340. The van der Waals surface area contributed by atoms with Crippen molar-refractivity contribution in [2.24, 2.45) is 11.7 Å². The van der Waals surface area contributed by atoms with Crippen LogP contribution in [0.15, 0.2) is 0 Å². The molecule has 4 nitrogen and oxygen atoms in total. The summed E-state index contributed by atoms with van der Waals surface area (Å²) < 4.78 is 60.2. The molecule has 102 valence electrons. The van der Waals surface area contributed by atoms with Crippen LogP contribution in [0.2, 0.25) is 0 Å². The van der Waals surface area contributed by atoms with Gasteiger partial charge in [0.25, 0.3) is 0 Å². The fraction of sp³-hybridized carbons (Fsp3) is 1.00. The lowest BCUT2D eigenvalue weighted by atomic mass is 9.84. The molecule has 1 aliphatic rings. The Morgan fingerprint density at radius 2 is 1.76 bits per heavy atom. The fourth-order valence-corrected chi connectivity index (χ4v) is 2.96. The molecule has 0 bridgehead atoms. The summed E-state index contributed by atoms with van der Waals surface area (Å²) in [4.78, 5) is 0. The second kappa shape index (κ2) is 5.53. The van der Waals surface area contributed by atoms with Gasteiger partial charge in [0, 0.05) is 12.6 Å². The van der Waals surface area contributed by atoms with Crippen molar-refractivity contribution >= 4 is 10.0 Å². The molecule has 0 amide bonds. The first kappa shape index (κ1) is 14.7. The van der Waals surface area contributed by atoms with E-state index < -0.39 is 21.6 Å². The minimum atomic E-state index is -5.29. The van der Waals surface area contributed by atoms with Crippen LogP contribution in [0.1, 0.15) is 32.1 Å². The number of halogens is 3. The molecule has 0 heterocycles. The molecule has 0 aromatic rings. The van der Waals surface area contributed by atoms with Gasteiger partial charge in [-0.05, 0) is 18.8 Å². The van der Waals surface area contributed by atoms with Gasteiger partial charge in [-0.2, -0.15) is 13.2 Å². The third-order valence-corrected chi connectivity index (χ3v) is 4.31. The number of alkyl halides is 3. The van der Waals surface area contributed by atoms with Gasteiger partial charge in [-0.3, -0.25) is 0 Å². The largest absolute Gasteiger partial charge is 0.511 e. The van der Waals surface area contributed by atoms with Crippen molar-refractivity contribution < 1.29 is 21.6 Å². The van der Waals surface area contributed by atoms with Crippen molar-refractivity contribution in [2.75, 3.05) is 6.54 Å². The van der Waals surface area contributed by atoms with Gasteiger partial charge in [-0.1, -0.05) is 19.3 Å². The van der Waals surface area contributed by atoms with Gasteiger partial charge in [-0.15, -0.1) is 0 Å². The lowest BCUT2D eigenvalue weighted by Gasteiger charge is -2.30. The highest BCUT2D eigenvalue weighted by Crippen LogP contribution is 2.28. The molecule has 1 aliphatic carbocycles. The molecule has 1 fully saturated rings. The van der Waals surface area contributed by atoms with E-state index in [0.717, 1.165) is 32.1 Å². The Morgan fingerprint density at radius 1 is 1.24 bits per heavy atom. The van der Waals surface area contributed by atoms with Crippen molar-refractivity contribution in [1.82, 2.24) is 4.72 Å². The second-order valence-electron chi connectivity index (χ2n) is 4.31. The van der Waals surface area contributed by atoms with E-state index in [-0.39, 0.29) is 12.5 Å². The predicted octanol–water partition coefficient (Wildman–Crippen LogP) is 1.33. The first-order chi connectivity index (χ1) is 7.78. The summed E-state index contributed by atoms with van der Waals surface area (Å²) in [5, 5.41) is 0. The number of rotatable bonds is 4. The predicted molar refractivity (Wildman–Crippen MR) is 57.5 cm³/mol. The van der Waals surface area contributed by atoms with E-state index in [1.165, 1.54) is 0 Å². The summed E-state index contributed by atoms with van der Waals surface area (Å²) >= 11 is 0. The van der Waals surface area contributed by atoms with Gasteiger partial charge in [0.2, 0.25) is 0 Å². The van der Waals surface area contributed by atoms with E-state index in [1.54, 1.807) is 4.72 Å². The third kappa shape index (κ3) is 3.82. The molecule has 3 N–H and O–H groups in total. The summed E-state index contributed by atoms with van der Waals surface area (Å²) in [5.74, 6) is -0.0918. The molecule has 1 saturated carbocycles. The van der Waals surface area contributed by atoms with Gasteiger partial charge in [-0.25, -0.2) is 13.1 Å². The maximum absolute atomic E-state index is 12.2. The van der Waals surface area contributed by atoms with Crippen LogP contribution >= 0.6 is 0 Å². The van der Waals surface area contributed by atoms with Gasteiger partial charge in [0.1, 0.15) is 0 Å². The van der Waals surface area contributed by atoms with Crippen LogP contribution in [-0.2, 0) is 10.0 Å². The smallest absolute Gasteiger partial charge is 0.329 e. The lowest BCUT2D eigenvalue weighted by Crippen LogP contribution is -2.49. The van der Waals surface area contributed by atoms with Gasteiger partial charge >= 0.3 is 15.5 Å². The zero-order valence-electron chi connectivity index (χ0n) is 9.33. The molecule has 8 heteroatoms. The van der Waals surface area contributed by atoms with Crippen LogP contribution in [0, 0.1) is 5.92 Å². The molecule has 17 heavy (non-hydrogen) atoms. The SMILES string of the molecule is NCC(NS(=O)(=O)C(F)(F)F)C1CCCCC1. The van der Waals surface area contributed by atoms with Crippen LogP contribution in [0.25, 0.3) is 0 Å². The molecule has 1 rings (SSSR count). The van der Waals surface area contributed by atoms with Crippen LogP contribution < -0.4 is 10.5 Å². The molecule has 0 aromatic carbocycles. The molecular weight excluding hydrogens is 257 g/mol. The molecule has 0 saturated heterocycles. The average Bonchev–Trinajstić information content (AvgIpc) is 2.25. The Bertz CT molecular complexity index is 337. The highest BCUT2D eigenvalue weighted by Gasteiger charge is 2.47. The number of nitrogens with one attached hydrogen (secondary N) is 1. The first-order valence-electron chi connectivity index (χ1n) is 5.56. The maximum Gasteiger partial charge on any atom is 0.511 e. The van der Waals surface area contributed by atoms with E-state index in [1.807, 2.05) is 0 Å². The monoisotopic (exact) mass is 274 g/mol. The quantitative estimate of drug-likeness (QED) is 0.812. The Morgan fingerprint density at radius 3 is 2.18 bits per heavy atom. The summed E-state index contributed by atoms with van der Waals surface area (Å²) in [6, 6.07) is -0.818. The van der Waals surface area contributed by atoms with Gasteiger partial charge < -0.3 is 5.73 Å². The highest BCUT2D eigenvalue weighted by atomic mass is 32.2. The minimum absolute atomic E-state index is 0.0918. The van der Waals surface area contributed by atoms with Crippen LogP contribution in [0.5, 0.6) is 0 Å². The molecule has 0 aliphatic heterocycles. The average molecular weight is 274 g/mol. The summed E-state index contributed by atoms with van der Waals surface area (Å²) in [7, 11) is -5.29. The number of sulfonamides is 1. The Labute approximate surface area is 98.8 Å². The Balaban J connectivity index is 2.69. The van der Waals surface area contributed by atoms with Gasteiger partial charge in [0.15, 0.2) is 0 Å². The summed E-state index contributed by atoms with van der Waals surface area (Å²) in [6.45, 7) is -0.111. The van der Waals surface area contributed by atoms with Crippen LogP contribution in [0.3, 0.4) is 0 Å². The lowest BCUT2D eigenvalue weighted by molar-refractivity contribution is -0.0453. The third-order valence-electron chi connectivity index (χ3n) is 3.08. The topological polar surface area (TPSA) is 72.2 Å². The maximum atomic E-state index is 12.2. The molecular formula is C9H17F3N2O2S. The second-order valence-corrected chi connectivity index (χ2v) is 6.01. The highest BCUT2D eigenvalue weighted by molar-refractivity contribution is 7.90. The van der Waals surface area contributed by atoms with E-state index in [9.17, 15) is 21.6 Å². The van der Waals surface area contributed by atoms with Crippen LogP contribution in [-0.4, -0.2) is 26.5 Å². The standard InChI is InChI=1S/C9H17F3N2O2S/c10-9(11,12)17(15,16)14-8(6-13)7-4-2-1-3-5-7/h7-8,14H,1-6,13H2. The van der Waals surface area contributed by atoms with Crippen molar-refractivity contribution in [3.63, 3.8) is 0 Å². The molecule has 0 radical (unpaired) electrons. The zero-order chi connectivity index (χ0) is 13.1. The van der Waals surface area contributed by atoms with Crippen molar-refractivity contribution in [3.05, 3.63) is 0 Å². The zero-order valence-corrected chi connectivity index (χ0v) is 10.1. The Kier molecular flexibility index (Phi) is 4.79. The number of nitrogens with two attached hydrogens (primary N) is 1. The van der Waals surface area contributed by atoms with Crippen molar-refractivity contribution in [1.29, 1.82) is 0 Å². The van der Waals surface area contributed by atoms with Crippen LogP contribution in [0.4, 0.5) is 13.2 Å². The minimum Gasteiger partial charge on any atom is -0.329 e. The van der Waals surface area contributed by atoms with Crippen molar-refractivity contribution in [2.45, 2.75) is 43.7 Å². The first-order valence-corrected chi connectivity index (χ1v) is 7.05. The number of hydrogen-bond acceptors (Lipinski definition) is 3. The molecule has 1 unspecified atom stereocenters. The fourth-order valence-electron chi connectivity index (χ4n) is 2.14. The summed E-state index contributed by atoms with van der Waals surface area (Å²) in [6.07, 6.45) is 4.31.